The number of hydrogen-bond acceptors (Lipinski definition) is 5. The highest BCUT2D eigenvalue weighted by atomic mass is 35.5. The zero-order valence-corrected chi connectivity index (χ0v) is 25.1. The van der Waals surface area contributed by atoms with Crippen molar-refractivity contribution in [1.82, 2.24) is 15.5 Å². The summed E-state index contributed by atoms with van der Waals surface area (Å²) < 4.78 is 5.69. The minimum Gasteiger partial charge on any atom is -0.412 e. The van der Waals surface area contributed by atoms with Crippen LogP contribution >= 0.6 is 23.4 Å². The minimum atomic E-state index is 0. The first kappa shape index (κ1) is 35.4. The summed E-state index contributed by atoms with van der Waals surface area (Å²) in [4.78, 5) is 2.77. The SMILES string of the molecule is C.COC1CCCC(C2CSC(N[C@@H](CN3CC[C@H](C4CCC(Cl)CC4)C(C)(C)C3)C(C)C)N2)C1.O.O. The molecule has 2 heterocycles. The summed E-state index contributed by atoms with van der Waals surface area (Å²) in [6, 6.07) is 1.16. The average molecular weight is 566 g/mol. The number of methoxy groups -OCH3 is 1. The van der Waals surface area contributed by atoms with Crippen LogP contribution in [-0.4, -0.2) is 77.4 Å². The van der Waals surface area contributed by atoms with Crippen LogP contribution in [0.25, 0.3) is 0 Å². The zero-order chi connectivity index (χ0) is 24.3. The Morgan fingerprint density at radius 2 is 1.76 bits per heavy atom. The van der Waals surface area contributed by atoms with Gasteiger partial charge in [0.25, 0.3) is 0 Å². The van der Waals surface area contributed by atoms with Gasteiger partial charge in [0.1, 0.15) is 5.50 Å². The summed E-state index contributed by atoms with van der Waals surface area (Å²) in [7, 11) is 1.88. The summed E-state index contributed by atoms with van der Waals surface area (Å²) in [6.45, 7) is 13.5. The second kappa shape index (κ2) is 16.0. The molecule has 2 aliphatic heterocycles. The van der Waals surface area contributed by atoms with E-state index in [1.165, 1.54) is 83.2 Å². The number of nitrogens with one attached hydrogen (secondary N) is 2. The Labute approximate surface area is 237 Å². The van der Waals surface area contributed by atoms with Gasteiger partial charge in [-0.3, -0.25) is 10.6 Å². The standard InChI is InChI=1S/C28H52ClN3OS.CH4.2H2O/c1-19(2)25(30-27-31-26(17-34-27)21-7-6-8-23(15-21)33-5)16-32-14-13-24(28(3,4)18-32)20-9-11-22(29)12-10-20;;;/h19-27,30-31H,6-18H2,1-5H3;1H4;2*1H2/t20?,21?,22?,23?,24-,25+,26?,27?;;;/m1.../s1. The smallest absolute Gasteiger partial charge is 0.106 e. The molecule has 6 nitrogen and oxygen atoms in total. The number of ether oxygens (including phenoxy) is 1. The molecule has 2 aliphatic carbocycles. The molecule has 6 atom stereocenters. The first-order valence-electron chi connectivity index (χ1n) is 14.3. The van der Waals surface area contributed by atoms with E-state index in [1.54, 1.807) is 0 Å². The molecule has 222 valence electrons. The monoisotopic (exact) mass is 565 g/mol. The van der Waals surface area contributed by atoms with E-state index in [0.717, 1.165) is 17.8 Å². The normalized spacial score (nSPS) is 37.2. The number of nitrogens with zero attached hydrogens (tertiary/aromatic N) is 1. The summed E-state index contributed by atoms with van der Waals surface area (Å²) >= 11 is 8.50. The minimum absolute atomic E-state index is 0. The summed E-state index contributed by atoms with van der Waals surface area (Å²) in [5.41, 5.74) is 0.782. The highest BCUT2D eigenvalue weighted by Gasteiger charge is 2.42. The lowest BCUT2D eigenvalue weighted by atomic mass is 9.64. The number of hydrogen-bond donors (Lipinski definition) is 2. The Morgan fingerprint density at radius 1 is 1.05 bits per heavy atom. The number of piperidine rings is 1. The second-order valence-electron chi connectivity index (χ2n) is 12.9. The molecule has 2 saturated heterocycles. The molecule has 6 N–H and O–H groups in total. The number of rotatable bonds is 8. The van der Waals surface area contributed by atoms with Gasteiger partial charge in [0.05, 0.1) is 6.10 Å². The van der Waals surface area contributed by atoms with Gasteiger partial charge in [0, 0.05) is 43.4 Å². The maximum atomic E-state index is 6.41. The largest absolute Gasteiger partial charge is 0.412 e. The van der Waals surface area contributed by atoms with E-state index >= 15 is 0 Å². The fraction of sp³-hybridized carbons (Fsp3) is 1.00. The van der Waals surface area contributed by atoms with Gasteiger partial charge < -0.3 is 20.6 Å². The van der Waals surface area contributed by atoms with Crippen molar-refractivity contribution in [2.24, 2.45) is 29.1 Å². The Morgan fingerprint density at radius 3 is 2.38 bits per heavy atom. The number of alkyl halides is 1. The van der Waals surface area contributed by atoms with Gasteiger partial charge >= 0.3 is 0 Å². The predicted molar refractivity (Wildman–Crippen MR) is 162 cm³/mol. The van der Waals surface area contributed by atoms with E-state index in [4.69, 9.17) is 16.3 Å². The molecule has 4 rings (SSSR count). The van der Waals surface area contributed by atoms with Crippen molar-refractivity contribution in [3.63, 3.8) is 0 Å². The number of halogens is 1. The lowest BCUT2D eigenvalue weighted by Crippen LogP contribution is -2.56. The first-order valence-corrected chi connectivity index (χ1v) is 15.8. The van der Waals surface area contributed by atoms with Gasteiger partial charge in [-0.15, -0.1) is 23.4 Å². The van der Waals surface area contributed by atoms with Gasteiger partial charge in [0.15, 0.2) is 0 Å². The fourth-order valence-electron chi connectivity index (χ4n) is 7.54. The summed E-state index contributed by atoms with van der Waals surface area (Å²) in [6.07, 6.45) is 12.1. The van der Waals surface area contributed by atoms with Crippen LogP contribution in [0.1, 0.15) is 92.9 Å². The molecule has 2 saturated carbocycles. The molecular weight excluding hydrogens is 506 g/mol. The molecule has 0 amide bonds. The predicted octanol–water partition coefficient (Wildman–Crippen LogP) is 4.93. The van der Waals surface area contributed by atoms with Gasteiger partial charge in [-0.2, -0.15) is 0 Å². The van der Waals surface area contributed by atoms with Crippen LogP contribution < -0.4 is 10.6 Å². The third-order valence-electron chi connectivity index (χ3n) is 9.66. The van der Waals surface area contributed by atoms with E-state index in [1.807, 2.05) is 7.11 Å². The maximum Gasteiger partial charge on any atom is 0.106 e. The van der Waals surface area contributed by atoms with Crippen molar-refractivity contribution in [3.8, 4) is 0 Å². The third kappa shape index (κ3) is 9.48. The molecule has 4 aliphatic rings. The summed E-state index contributed by atoms with van der Waals surface area (Å²) in [5, 5.41) is 8.42. The van der Waals surface area contributed by atoms with Gasteiger partial charge in [-0.05, 0) is 87.0 Å². The lowest BCUT2D eigenvalue weighted by molar-refractivity contribution is 0.00445. The Bertz CT molecular complexity index is 636. The van der Waals surface area contributed by atoms with E-state index < -0.39 is 0 Å². The van der Waals surface area contributed by atoms with Crippen LogP contribution in [0.5, 0.6) is 0 Å². The molecule has 0 aromatic carbocycles. The molecule has 0 spiro atoms. The highest BCUT2D eigenvalue weighted by Crippen LogP contribution is 2.45. The van der Waals surface area contributed by atoms with E-state index in [0.29, 0.717) is 40.4 Å². The van der Waals surface area contributed by atoms with Crippen LogP contribution in [0, 0.1) is 29.1 Å². The molecule has 4 unspecified atom stereocenters. The molecular formula is C29H60ClN3O3S. The van der Waals surface area contributed by atoms with Crippen molar-refractivity contribution in [3.05, 3.63) is 0 Å². The van der Waals surface area contributed by atoms with Gasteiger partial charge in [-0.25, -0.2) is 0 Å². The quantitative estimate of drug-likeness (QED) is 0.407. The average Bonchev–Trinajstić information content (AvgIpc) is 3.28. The van der Waals surface area contributed by atoms with Crippen LogP contribution in [-0.2, 0) is 4.74 Å². The molecule has 37 heavy (non-hydrogen) atoms. The molecule has 0 aromatic heterocycles. The van der Waals surface area contributed by atoms with Crippen LogP contribution in [0.4, 0.5) is 0 Å². The van der Waals surface area contributed by atoms with Crippen LogP contribution in [0.2, 0.25) is 0 Å². The number of likely N-dealkylation sites (tertiary alicyclic amines) is 1. The first-order chi connectivity index (χ1) is 16.2. The summed E-state index contributed by atoms with van der Waals surface area (Å²) in [5.74, 6) is 4.38. The van der Waals surface area contributed by atoms with E-state index in [-0.39, 0.29) is 18.4 Å². The Hall–Kier alpha value is 0.400. The molecule has 4 fully saturated rings. The van der Waals surface area contributed by atoms with Crippen LogP contribution in [0.15, 0.2) is 0 Å². The van der Waals surface area contributed by atoms with Gasteiger partial charge in [0.2, 0.25) is 0 Å². The Kier molecular flexibility index (Phi) is 15.3. The third-order valence-corrected chi connectivity index (χ3v) is 11.3. The zero-order valence-electron chi connectivity index (χ0n) is 23.5. The molecule has 0 bridgehead atoms. The lowest BCUT2D eigenvalue weighted by Gasteiger charge is -2.49. The molecule has 8 heteroatoms. The number of thioether (sulfide) groups is 1. The highest BCUT2D eigenvalue weighted by molar-refractivity contribution is 8.00. The van der Waals surface area contributed by atoms with Crippen molar-refractivity contribution in [1.29, 1.82) is 0 Å². The van der Waals surface area contributed by atoms with E-state index in [2.05, 4.69) is 55.0 Å². The van der Waals surface area contributed by atoms with Gasteiger partial charge in [-0.1, -0.05) is 41.5 Å². The van der Waals surface area contributed by atoms with Crippen LogP contribution in [0.3, 0.4) is 0 Å². The molecule has 0 radical (unpaired) electrons. The van der Waals surface area contributed by atoms with E-state index in [9.17, 15) is 0 Å². The fourth-order valence-corrected chi connectivity index (χ4v) is 9.11. The molecule has 0 aromatic rings. The van der Waals surface area contributed by atoms with Crippen molar-refractivity contribution in [2.45, 2.75) is 122 Å². The second-order valence-corrected chi connectivity index (χ2v) is 14.7. The topological polar surface area (TPSA) is 99.5 Å². The van der Waals surface area contributed by atoms with Crippen molar-refractivity contribution >= 4 is 23.4 Å². The maximum absolute atomic E-state index is 6.41. The van der Waals surface area contributed by atoms with Crippen molar-refractivity contribution < 1.29 is 15.7 Å². The Balaban J connectivity index is 0.00000228. The van der Waals surface area contributed by atoms with Crippen molar-refractivity contribution in [2.75, 3.05) is 32.5 Å².